The number of nitrogens with zero attached hydrogens (tertiary/aromatic N) is 2. The lowest BCUT2D eigenvalue weighted by atomic mass is 10.2. The smallest absolute Gasteiger partial charge is 0.264 e. The molecule has 1 aliphatic heterocycles. The van der Waals surface area contributed by atoms with Crippen molar-refractivity contribution in [1.29, 1.82) is 5.41 Å². The molecule has 3 aromatic rings. The van der Waals surface area contributed by atoms with E-state index in [1.165, 1.54) is 12.3 Å². The number of likely N-dealkylation sites (N-methyl/N-ethyl adjacent to an activating group) is 1. The summed E-state index contributed by atoms with van der Waals surface area (Å²) >= 11 is 0. The molecule has 0 unspecified atom stereocenters. The highest BCUT2D eigenvalue weighted by Gasteiger charge is 2.22. The molecule has 4 rings (SSSR count). The minimum atomic E-state index is -0.288. The molecule has 2 aromatic carbocycles. The fraction of sp³-hybridized carbons (Fsp3) is 0.136. The van der Waals surface area contributed by atoms with Gasteiger partial charge in [0.2, 0.25) is 0 Å². The van der Waals surface area contributed by atoms with Gasteiger partial charge in [0.25, 0.3) is 5.91 Å². The first-order chi connectivity index (χ1) is 14.5. The number of rotatable bonds is 6. The lowest BCUT2D eigenvalue weighted by Gasteiger charge is -2.26. The van der Waals surface area contributed by atoms with Gasteiger partial charge in [-0.25, -0.2) is 9.37 Å². The van der Waals surface area contributed by atoms with Crippen LogP contribution in [0.3, 0.4) is 0 Å². The summed E-state index contributed by atoms with van der Waals surface area (Å²) in [6.07, 6.45) is 2.76. The topological polar surface area (TPSA) is 90.3 Å². The average Bonchev–Trinajstić information content (AvgIpc) is 2.76. The maximum atomic E-state index is 13.9. The van der Waals surface area contributed by atoms with Gasteiger partial charge in [-0.2, -0.15) is 0 Å². The monoisotopic (exact) mass is 405 g/mol. The highest BCUT2D eigenvalue weighted by molar-refractivity contribution is 5.98. The number of pyridine rings is 1. The normalized spacial score (nSPS) is 12.7. The molecule has 1 aromatic heterocycles. The Morgan fingerprint density at radius 1 is 1.27 bits per heavy atom. The summed E-state index contributed by atoms with van der Waals surface area (Å²) in [6, 6.07) is 13.7. The van der Waals surface area contributed by atoms with Gasteiger partial charge in [0.1, 0.15) is 17.4 Å². The SMILES string of the molecule is CN1C(=O)COc2ccc(Nc3cc(NCc4ccccc4F)c(C=N)cn3)cc21. The molecule has 1 aliphatic rings. The second kappa shape index (κ2) is 8.20. The molecule has 2 heterocycles. The van der Waals surface area contributed by atoms with E-state index in [-0.39, 0.29) is 24.9 Å². The van der Waals surface area contributed by atoms with Crippen LogP contribution in [0, 0.1) is 11.2 Å². The lowest BCUT2D eigenvalue weighted by Crippen LogP contribution is -2.35. The molecule has 1 amide bonds. The van der Waals surface area contributed by atoms with E-state index in [0.29, 0.717) is 34.1 Å². The van der Waals surface area contributed by atoms with Crippen LogP contribution >= 0.6 is 0 Å². The Balaban J connectivity index is 1.55. The Kier molecular flexibility index (Phi) is 5.30. The van der Waals surface area contributed by atoms with E-state index < -0.39 is 0 Å². The molecule has 0 atom stereocenters. The van der Waals surface area contributed by atoms with Crippen LogP contribution in [0.4, 0.5) is 27.3 Å². The third-order valence-electron chi connectivity index (χ3n) is 4.84. The van der Waals surface area contributed by atoms with Crippen molar-refractivity contribution in [1.82, 2.24) is 4.98 Å². The largest absolute Gasteiger partial charge is 0.482 e. The molecular weight excluding hydrogens is 385 g/mol. The van der Waals surface area contributed by atoms with Crippen molar-refractivity contribution in [3.63, 3.8) is 0 Å². The average molecular weight is 405 g/mol. The summed E-state index contributed by atoms with van der Waals surface area (Å²) in [5, 5.41) is 14.0. The van der Waals surface area contributed by atoms with Crippen molar-refractivity contribution in [3.05, 3.63) is 71.7 Å². The maximum Gasteiger partial charge on any atom is 0.264 e. The second-order valence-corrected chi connectivity index (χ2v) is 6.80. The number of anilines is 4. The first-order valence-corrected chi connectivity index (χ1v) is 9.33. The minimum absolute atomic E-state index is 0.0277. The zero-order chi connectivity index (χ0) is 21.1. The number of aromatic nitrogens is 1. The first kappa shape index (κ1) is 19.4. The van der Waals surface area contributed by atoms with E-state index in [4.69, 9.17) is 10.1 Å². The summed E-state index contributed by atoms with van der Waals surface area (Å²) in [5.41, 5.74) is 3.17. The summed E-state index contributed by atoms with van der Waals surface area (Å²) in [6.45, 7) is 0.306. The van der Waals surface area contributed by atoms with Gasteiger partial charge < -0.3 is 25.7 Å². The number of hydrogen-bond acceptors (Lipinski definition) is 6. The standard InChI is InChI=1S/C22H20FN5O2/c1-28-19-8-16(6-7-20(19)30-13-22(28)29)27-21-9-18(15(10-24)12-26-21)25-11-14-4-2-3-5-17(14)23/h2-10,12,24H,11,13H2,1H3,(H2,25,26,27). The number of hydrogen-bond donors (Lipinski definition) is 3. The molecule has 0 radical (unpaired) electrons. The molecular formula is C22H20FN5O2. The van der Waals surface area contributed by atoms with Crippen molar-refractivity contribution < 1.29 is 13.9 Å². The van der Waals surface area contributed by atoms with Gasteiger partial charge in [-0.15, -0.1) is 0 Å². The Hall–Kier alpha value is -3.94. The molecule has 7 nitrogen and oxygen atoms in total. The van der Waals surface area contributed by atoms with Gasteiger partial charge >= 0.3 is 0 Å². The van der Waals surface area contributed by atoms with E-state index in [9.17, 15) is 9.18 Å². The first-order valence-electron chi connectivity index (χ1n) is 9.33. The molecule has 0 bridgehead atoms. The van der Waals surface area contributed by atoms with Gasteiger partial charge in [-0.1, -0.05) is 18.2 Å². The van der Waals surface area contributed by atoms with Crippen LogP contribution in [0.1, 0.15) is 11.1 Å². The van der Waals surface area contributed by atoms with E-state index in [2.05, 4.69) is 15.6 Å². The van der Waals surface area contributed by atoms with Crippen LogP contribution in [0.5, 0.6) is 5.75 Å². The zero-order valence-electron chi connectivity index (χ0n) is 16.3. The Labute approximate surface area is 173 Å². The predicted octanol–water partition coefficient (Wildman–Crippen LogP) is 3.93. The van der Waals surface area contributed by atoms with Crippen molar-refractivity contribution >= 4 is 35.0 Å². The lowest BCUT2D eigenvalue weighted by molar-refractivity contribution is -0.120. The van der Waals surface area contributed by atoms with Gasteiger partial charge in [0.15, 0.2) is 6.61 Å². The Bertz CT molecular complexity index is 1120. The third kappa shape index (κ3) is 3.93. The minimum Gasteiger partial charge on any atom is -0.482 e. The summed E-state index contributed by atoms with van der Waals surface area (Å²) in [5.74, 6) is 0.779. The van der Waals surface area contributed by atoms with Crippen molar-refractivity contribution in [2.24, 2.45) is 0 Å². The number of carbonyl (C=O) groups excluding carboxylic acids is 1. The fourth-order valence-electron chi connectivity index (χ4n) is 3.13. The molecule has 0 saturated carbocycles. The van der Waals surface area contributed by atoms with Crippen molar-refractivity contribution in [2.75, 3.05) is 29.2 Å². The molecule has 152 valence electrons. The molecule has 0 saturated heterocycles. The van der Waals surface area contributed by atoms with Crippen LogP contribution in [0.25, 0.3) is 0 Å². The molecule has 0 fully saturated rings. The van der Waals surface area contributed by atoms with Crippen molar-refractivity contribution in [3.8, 4) is 5.75 Å². The van der Waals surface area contributed by atoms with Crippen LogP contribution in [-0.4, -0.2) is 30.8 Å². The van der Waals surface area contributed by atoms with Crippen LogP contribution in [-0.2, 0) is 11.3 Å². The number of ether oxygens (including phenoxy) is 1. The summed E-state index contributed by atoms with van der Waals surface area (Å²) in [4.78, 5) is 17.8. The molecule has 3 N–H and O–H groups in total. The predicted molar refractivity (Wildman–Crippen MR) is 114 cm³/mol. The van der Waals surface area contributed by atoms with Gasteiger partial charge in [0, 0.05) is 54.6 Å². The van der Waals surface area contributed by atoms with E-state index in [1.807, 2.05) is 12.1 Å². The summed E-state index contributed by atoms with van der Waals surface area (Å²) in [7, 11) is 1.70. The maximum absolute atomic E-state index is 13.9. The molecule has 30 heavy (non-hydrogen) atoms. The van der Waals surface area contributed by atoms with Gasteiger partial charge in [0.05, 0.1) is 5.69 Å². The summed E-state index contributed by atoms with van der Waals surface area (Å²) < 4.78 is 19.3. The fourth-order valence-corrected chi connectivity index (χ4v) is 3.13. The quantitative estimate of drug-likeness (QED) is 0.541. The molecule has 0 aliphatic carbocycles. The number of nitrogens with one attached hydrogen (secondary N) is 3. The Morgan fingerprint density at radius 3 is 2.90 bits per heavy atom. The second-order valence-electron chi connectivity index (χ2n) is 6.80. The van der Waals surface area contributed by atoms with Crippen molar-refractivity contribution in [2.45, 2.75) is 6.54 Å². The van der Waals surface area contributed by atoms with E-state index in [1.54, 1.807) is 48.5 Å². The third-order valence-corrected chi connectivity index (χ3v) is 4.84. The number of fused-ring (bicyclic) bond motifs is 1. The Morgan fingerprint density at radius 2 is 2.10 bits per heavy atom. The number of carbonyl (C=O) groups is 1. The molecule has 0 spiro atoms. The van der Waals surface area contributed by atoms with E-state index >= 15 is 0 Å². The van der Waals surface area contributed by atoms with E-state index in [0.717, 1.165) is 5.69 Å². The van der Waals surface area contributed by atoms with Crippen LogP contribution < -0.4 is 20.3 Å². The molecule has 8 heteroatoms. The zero-order valence-corrected chi connectivity index (χ0v) is 16.3. The highest BCUT2D eigenvalue weighted by Crippen LogP contribution is 2.34. The highest BCUT2D eigenvalue weighted by atomic mass is 19.1. The van der Waals surface area contributed by atoms with Gasteiger partial charge in [-0.05, 0) is 24.3 Å². The number of benzene rings is 2. The van der Waals surface area contributed by atoms with Gasteiger partial charge in [-0.3, -0.25) is 4.79 Å². The number of amides is 1. The van der Waals surface area contributed by atoms with Crippen LogP contribution in [0.2, 0.25) is 0 Å². The number of halogens is 1. The van der Waals surface area contributed by atoms with Crippen LogP contribution in [0.15, 0.2) is 54.7 Å².